The van der Waals surface area contributed by atoms with Crippen molar-refractivity contribution in [1.29, 1.82) is 0 Å². The number of aromatic nitrogens is 3. The van der Waals surface area contributed by atoms with Gasteiger partial charge >= 0.3 is 0 Å². The number of nitrogens with zero attached hydrogens (tertiary/aromatic N) is 4. The molecule has 0 bridgehead atoms. The molecule has 1 unspecified atom stereocenters. The van der Waals surface area contributed by atoms with Crippen molar-refractivity contribution in [1.82, 2.24) is 25.0 Å². The molecule has 0 spiro atoms. The van der Waals surface area contributed by atoms with E-state index >= 15 is 0 Å². The second-order valence-electron chi connectivity index (χ2n) is 7.44. The summed E-state index contributed by atoms with van der Waals surface area (Å²) >= 11 is 0. The van der Waals surface area contributed by atoms with Crippen LogP contribution in [0.25, 0.3) is 10.9 Å². The van der Waals surface area contributed by atoms with E-state index in [-0.39, 0.29) is 6.04 Å². The third-order valence-corrected chi connectivity index (χ3v) is 5.32. The van der Waals surface area contributed by atoms with E-state index in [1.54, 1.807) is 0 Å². The van der Waals surface area contributed by atoms with Crippen LogP contribution in [0.2, 0.25) is 0 Å². The predicted octanol–water partition coefficient (Wildman–Crippen LogP) is 3.18. The molecule has 0 aliphatic carbocycles. The van der Waals surface area contributed by atoms with Gasteiger partial charge in [-0.05, 0) is 56.7 Å². The highest BCUT2D eigenvalue weighted by atomic mass is 15.3. The molecule has 150 valence electrons. The van der Waals surface area contributed by atoms with Crippen LogP contribution in [0, 0.1) is 13.8 Å². The number of rotatable bonds is 7. The minimum Gasteiger partial charge on any atom is -0.356 e. The Morgan fingerprint density at radius 3 is 2.71 bits per heavy atom. The van der Waals surface area contributed by atoms with Gasteiger partial charge in [0.25, 0.3) is 0 Å². The molecule has 6 heteroatoms. The number of benzene rings is 1. The third-order valence-electron chi connectivity index (χ3n) is 5.32. The lowest BCUT2D eigenvalue weighted by Gasteiger charge is -2.18. The van der Waals surface area contributed by atoms with Crippen LogP contribution in [0.15, 0.2) is 41.5 Å². The van der Waals surface area contributed by atoms with Crippen LogP contribution < -0.4 is 10.6 Å². The molecule has 1 aromatic carbocycles. The van der Waals surface area contributed by atoms with Crippen molar-refractivity contribution < 1.29 is 0 Å². The van der Waals surface area contributed by atoms with Crippen molar-refractivity contribution in [2.75, 3.05) is 13.6 Å². The highest BCUT2D eigenvalue weighted by Crippen LogP contribution is 2.15. The van der Waals surface area contributed by atoms with E-state index in [0.29, 0.717) is 0 Å². The fourth-order valence-corrected chi connectivity index (χ4v) is 3.69. The lowest BCUT2D eigenvalue weighted by Crippen LogP contribution is -2.43. The quantitative estimate of drug-likeness (QED) is 0.376. The van der Waals surface area contributed by atoms with Crippen molar-refractivity contribution in [3.63, 3.8) is 0 Å². The topological polar surface area (TPSA) is 59.2 Å². The normalized spacial score (nSPS) is 13.1. The maximum atomic E-state index is 4.51. The molecule has 0 saturated heterocycles. The van der Waals surface area contributed by atoms with Gasteiger partial charge in [-0.3, -0.25) is 9.67 Å². The number of para-hydroxylation sites is 1. The first-order valence-corrected chi connectivity index (χ1v) is 9.99. The largest absolute Gasteiger partial charge is 0.356 e. The van der Waals surface area contributed by atoms with E-state index in [1.807, 2.05) is 18.8 Å². The summed E-state index contributed by atoms with van der Waals surface area (Å²) in [7, 11) is 3.82. The van der Waals surface area contributed by atoms with Gasteiger partial charge in [-0.1, -0.05) is 18.2 Å². The first kappa shape index (κ1) is 20.0. The van der Waals surface area contributed by atoms with Crippen LogP contribution in [0.5, 0.6) is 0 Å². The first-order chi connectivity index (χ1) is 13.5. The molecule has 0 fully saturated rings. The molecule has 1 atom stereocenters. The Morgan fingerprint density at radius 1 is 1.21 bits per heavy atom. The van der Waals surface area contributed by atoms with E-state index in [1.165, 1.54) is 22.2 Å². The molecule has 3 aromatic rings. The molecule has 6 nitrogen and oxygen atoms in total. The van der Waals surface area contributed by atoms with Crippen LogP contribution >= 0.6 is 0 Å². The maximum absolute atomic E-state index is 4.51. The van der Waals surface area contributed by atoms with E-state index < -0.39 is 0 Å². The second kappa shape index (κ2) is 8.95. The first-order valence-electron chi connectivity index (χ1n) is 9.99. The van der Waals surface area contributed by atoms with Crippen molar-refractivity contribution in [2.24, 2.45) is 12.0 Å². The molecule has 2 aromatic heterocycles. The van der Waals surface area contributed by atoms with Gasteiger partial charge in [-0.15, -0.1) is 0 Å². The Kier molecular flexibility index (Phi) is 6.39. The van der Waals surface area contributed by atoms with Crippen molar-refractivity contribution in [2.45, 2.75) is 46.2 Å². The van der Waals surface area contributed by atoms with Crippen molar-refractivity contribution in [3.05, 3.63) is 53.5 Å². The summed E-state index contributed by atoms with van der Waals surface area (Å²) < 4.78 is 4.26. The fraction of sp³-hybridized carbons (Fsp3) is 0.455. The number of aliphatic imine (C=N–C) groups is 1. The third kappa shape index (κ3) is 4.55. The van der Waals surface area contributed by atoms with Crippen LogP contribution in [-0.4, -0.2) is 39.9 Å². The number of hydrogen-bond acceptors (Lipinski definition) is 2. The summed E-state index contributed by atoms with van der Waals surface area (Å²) in [6.45, 7) is 8.25. The lowest BCUT2D eigenvalue weighted by atomic mass is 10.1. The number of guanidine groups is 1. The highest BCUT2D eigenvalue weighted by Gasteiger charge is 2.13. The molecule has 0 radical (unpaired) electrons. The smallest absolute Gasteiger partial charge is 0.191 e. The van der Waals surface area contributed by atoms with Crippen LogP contribution in [0.4, 0.5) is 0 Å². The monoisotopic (exact) mass is 380 g/mol. The Labute approximate surface area is 167 Å². The summed E-state index contributed by atoms with van der Waals surface area (Å²) in [5, 5.41) is 12.7. The molecular weight excluding hydrogens is 348 g/mol. The molecule has 0 aliphatic rings. The molecular formula is C22H32N6. The average molecular weight is 381 g/mol. The minimum absolute atomic E-state index is 0.279. The maximum Gasteiger partial charge on any atom is 0.191 e. The minimum atomic E-state index is 0.279. The predicted molar refractivity (Wildman–Crippen MR) is 117 cm³/mol. The number of nitrogens with one attached hydrogen (secondary N) is 2. The second-order valence-corrected chi connectivity index (χ2v) is 7.44. The van der Waals surface area contributed by atoms with Gasteiger partial charge in [-0.25, -0.2) is 0 Å². The van der Waals surface area contributed by atoms with Gasteiger partial charge < -0.3 is 15.2 Å². The molecule has 0 aliphatic heterocycles. The summed E-state index contributed by atoms with van der Waals surface area (Å²) in [6, 6.07) is 11.0. The molecule has 0 saturated carbocycles. The summed E-state index contributed by atoms with van der Waals surface area (Å²) in [4.78, 5) is 4.37. The molecule has 28 heavy (non-hydrogen) atoms. The van der Waals surface area contributed by atoms with Gasteiger partial charge in [0.1, 0.15) is 0 Å². The van der Waals surface area contributed by atoms with E-state index in [0.717, 1.165) is 37.6 Å². The van der Waals surface area contributed by atoms with Crippen LogP contribution in [0.3, 0.4) is 0 Å². The van der Waals surface area contributed by atoms with Gasteiger partial charge in [0.2, 0.25) is 0 Å². The Hall–Kier alpha value is -2.76. The summed E-state index contributed by atoms with van der Waals surface area (Å²) in [5.74, 6) is 0.851. The van der Waals surface area contributed by atoms with Gasteiger partial charge in [0.05, 0.1) is 5.69 Å². The summed E-state index contributed by atoms with van der Waals surface area (Å²) in [5.41, 5.74) is 4.95. The van der Waals surface area contributed by atoms with Crippen LogP contribution in [-0.2, 0) is 20.0 Å². The van der Waals surface area contributed by atoms with E-state index in [9.17, 15) is 0 Å². The molecule has 3 rings (SSSR count). The van der Waals surface area contributed by atoms with Gasteiger partial charge in [-0.2, -0.15) is 5.10 Å². The van der Waals surface area contributed by atoms with Crippen molar-refractivity contribution >= 4 is 16.9 Å². The standard InChI is InChI=1S/C22H32N6/c1-16(15-20-17(2)26-27(5)18(20)3)25-22(23-4)24-12-8-13-28-14-11-19-9-6-7-10-21(19)28/h6-7,9-11,14,16H,8,12-13,15H2,1-5H3,(H2,23,24,25). The lowest BCUT2D eigenvalue weighted by molar-refractivity contribution is 0.612. The average Bonchev–Trinajstić information content (AvgIpc) is 3.20. The number of hydrogen-bond donors (Lipinski definition) is 2. The zero-order valence-electron chi connectivity index (χ0n) is 17.7. The van der Waals surface area contributed by atoms with Crippen molar-refractivity contribution in [3.8, 4) is 0 Å². The summed E-state index contributed by atoms with van der Waals surface area (Å²) in [6.07, 6.45) is 4.13. The van der Waals surface area contributed by atoms with E-state index in [4.69, 9.17) is 0 Å². The SMILES string of the molecule is CN=C(NCCCn1ccc2ccccc21)NC(C)Cc1c(C)nn(C)c1C. The zero-order valence-corrected chi connectivity index (χ0v) is 17.7. The molecule has 2 N–H and O–H groups in total. The Bertz CT molecular complexity index is 949. The van der Waals surface area contributed by atoms with Gasteiger partial charge in [0.15, 0.2) is 5.96 Å². The van der Waals surface area contributed by atoms with Gasteiger partial charge in [0, 0.05) is 50.6 Å². The van der Waals surface area contributed by atoms with E-state index in [2.05, 4.69) is 82.6 Å². The highest BCUT2D eigenvalue weighted by molar-refractivity contribution is 5.80. The van der Waals surface area contributed by atoms with Crippen LogP contribution in [0.1, 0.15) is 30.3 Å². The number of fused-ring (bicyclic) bond motifs is 1. The molecule has 2 heterocycles. The zero-order chi connectivity index (χ0) is 20.1. The Balaban J connectivity index is 1.46. The Morgan fingerprint density at radius 2 is 2.00 bits per heavy atom. The number of aryl methyl sites for hydroxylation is 3. The molecule has 0 amide bonds. The fourth-order valence-electron chi connectivity index (χ4n) is 3.69.